The lowest BCUT2D eigenvalue weighted by Gasteiger charge is -2.23. The highest BCUT2D eigenvalue weighted by atomic mass is 32.2. The van der Waals surface area contributed by atoms with Crippen LogP contribution in [0.3, 0.4) is 0 Å². The van der Waals surface area contributed by atoms with Gasteiger partial charge >= 0.3 is 0 Å². The van der Waals surface area contributed by atoms with Gasteiger partial charge in [0.25, 0.3) is 0 Å². The van der Waals surface area contributed by atoms with Crippen molar-refractivity contribution in [2.24, 2.45) is 11.7 Å². The van der Waals surface area contributed by atoms with Crippen LogP contribution in [0.25, 0.3) is 0 Å². The van der Waals surface area contributed by atoms with E-state index in [1.165, 1.54) is 12.1 Å². The Morgan fingerprint density at radius 1 is 1.26 bits per heavy atom. The van der Waals surface area contributed by atoms with Crippen molar-refractivity contribution in [1.82, 2.24) is 9.62 Å². The Bertz CT molecular complexity index is 805. The lowest BCUT2D eigenvalue weighted by Crippen LogP contribution is -2.35. The second-order valence-electron chi connectivity index (χ2n) is 7.09. The number of sulfonamides is 1. The summed E-state index contributed by atoms with van der Waals surface area (Å²) in [4.78, 5) is 26.7. The van der Waals surface area contributed by atoms with Gasteiger partial charge in [-0.05, 0) is 31.0 Å². The Kier molecular flexibility index (Phi) is 6.13. The number of likely N-dealkylation sites (tertiary alicyclic amines) is 1. The molecule has 1 atom stereocenters. The first kappa shape index (κ1) is 19.8. The van der Waals surface area contributed by atoms with Crippen molar-refractivity contribution in [2.75, 3.05) is 25.0 Å². The third-order valence-electron chi connectivity index (χ3n) is 5.14. The van der Waals surface area contributed by atoms with E-state index in [9.17, 15) is 18.0 Å². The van der Waals surface area contributed by atoms with E-state index in [4.69, 9.17) is 5.73 Å². The normalized spacial score (nSPS) is 21.0. The number of hydrogen-bond acceptors (Lipinski definition) is 5. The monoisotopic (exact) mass is 394 g/mol. The third-order valence-corrected chi connectivity index (χ3v) is 6.60. The maximum atomic E-state index is 12.6. The quantitative estimate of drug-likeness (QED) is 0.627. The Hall–Kier alpha value is -1.97. The second kappa shape index (κ2) is 8.37. The van der Waals surface area contributed by atoms with Crippen LogP contribution in [-0.2, 0) is 19.6 Å². The summed E-state index contributed by atoms with van der Waals surface area (Å²) in [5.41, 5.74) is 5.72. The minimum absolute atomic E-state index is 0.0318. The molecule has 1 saturated carbocycles. The average molecular weight is 394 g/mol. The predicted molar refractivity (Wildman–Crippen MR) is 101 cm³/mol. The lowest BCUT2D eigenvalue weighted by atomic mass is 10.1. The van der Waals surface area contributed by atoms with Gasteiger partial charge in [-0.15, -0.1) is 0 Å². The van der Waals surface area contributed by atoms with Gasteiger partial charge in [0.15, 0.2) is 0 Å². The van der Waals surface area contributed by atoms with Gasteiger partial charge in [-0.3, -0.25) is 9.59 Å². The fraction of sp³-hybridized carbons (Fsp3) is 0.556. The average Bonchev–Trinajstić information content (AvgIpc) is 3.29. The van der Waals surface area contributed by atoms with Gasteiger partial charge in [-0.2, -0.15) is 0 Å². The van der Waals surface area contributed by atoms with Crippen molar-refractivity contribution in [3.05, 3.63) is 24.3 Å². The number of carbonyl (C=O) groups is 2. The van der Waals surface area contributed by atoms with Gasteiger partial charge in [0.1, 0.15) is 0 Å². The van der Waals surface area contributed by atoms with Crippen molar-refractivity contribution >= 4 is 27.5 Å². The Morgan fingerprint density at radius 3 is 2.70 bits per heavy atom. The molecule has 1 aliphatic heterocycles. The van der Waals surface area contributed by atoms with E-state index in [1.54, 1.807) is 12.1 Å². The van der Waals surface area contributed by atoms with Crippen molar-refractivity contribution in [2.45, 2.75) is 43.0 Å². The summed E-state index contributed by atoms with van der Waals surface area (Å²) in [6.45, 7) is 0.772. The van der Waals surface area contributed by atoms with Gasteiger partial charge in [-0.1, -0.05) is 18.9 Å². The molecule has 0 radical (unpaired) electrons. The molecular formula is C18H26N4O4S. The predicted octanol–water partition coefficient (Wildman–Crippen LogP) is 0.653. The minimum Gasteiger partial charge on any atom is -0.339 e. The van der Waals surface area contributed by atoms with Gasteiger partial charge in [0, 0.05) is 37.8 Å². The van der Waals surface area contributed by atoms with Gasteiger partial charge in [-0.25, -0.2) is 13.1 Å². The molecule has 27 heavy (non-hydrogen) atoms. The molecule has 2 aliphatic rings. The lowest BCUT2D eigenvalue weighted by molar-refractivity contribution is -0.129. The first-order valence-electron chi connectivity index (χ1n) is 9.31. The van der Waals surface area contributed by atoms with Crippen molar-refractivity contribution in [3.63, 3.8) is 0 Å². The van der Waals surface area contributed by atoms with Crippen LogP contribution in [-0.4, -0.2) is 50.8 Å². The topological polar surface area (TPSA) is 122 Å². The number of nitrogens with two attached hydrogens (primary N) is 1. The van der Waals surface area contributed by atoms with Gasteiger partial charge in [0.05, 0.1) is 10.8 Å². The molecule has 8 nitrogen and oxygen atoms in total. The Morgan fingerprint density at radius 2 is 2.00 bits per heavy atom. The zero-order valence-electron chi connectivity index (χ0n) is 15.2. The van der Waals surface area contributed by atoms with E-state index in [1.807, 2.05) is 4.90 Å². The third kappa shape index (κ3) is 4.66. The van der Waals surface area contributed by atoms with Crippen molar-refractivity contribution in [3.8, 4) is 0 Å². The molecule has 9 heteroatoms. The Labute approximate surface area is 159 Å². The van der Waals surface area contributed by atoms with Crippen LogP contribution in [0.5, 0.6) is 0 Å². The molecule has 1 saturated heterocycles. The molecule has 1 unspecified atom stereocenters. The zero-order valence-corrected chi connectivity index (χ0v) is 16.0. The standard InChI is InChI=1S/C18H26N4O4S/c19-8-9-20-27(25,26)16-7-3-4-14(11-16)21-18(24)13-10-17(23)22(12-13)15-5-1-2-6-15/h3-4,7,11,13,15,20H,1-2,5-6,8-10,12,19H2,(H,21,24). The van der Waals surface area contributed by atoms with E-state index in [2.05, 4.69) is 10.0 Å². The maximum absolute atomic E-state index is 12.6. The van der Waals surface area contributed by atoms with E-state index < -0.39 is 15.9 Å². The first-order valence-corrected chi connectivity index (χ1v) is 10.8. The number of hydrogen-bond donors (Lipinski definition) is 3. The van der Waals surface area contributed by atoms with E-state index in [0.29, 0.717) is 12.2 Å². The van der Waals surface area contributed by atoms with E-state index in [0.717, 1.165) is 25.7 Å². The molecule has 1 aromatic carbocycles. The molecule has 148 valence electrons. The molecule has 4 N–H and O–H groups in total. The fourth-order valence-corrected chi connectivity index (χ4v) is 4.83. The van der Waals surface area contributed by atoms with E-state index in [-0.39, 0.29) is 42.3 Å². The fourth-order valence-electron chi connectivity index (χ4n) is 3.74. The van der Waals surface area contributed by atoms with Crippen LogP contribution in [0.15, 0.2) is 29.2 Å². The van der Waals surface area contributed by atoms with Crippen molar-refractivity contribution in [1.29, 1.82) is 0 Å². The number of amides is 2. The van der Waals surface area contributed by atoms with Crippen molar-refractivity contribution < 1.29 is 18.0 Å². The molecule has 0 bridgehead atoms. The molecule has 1 aliphatic carbocycles. The minimum atomic E-state index is -3.67. The zero-order chi connectivity index (χ0) is 19.4. The number of rotatable bonds is 7. The highest BCUT2D eigenvalue weighted by molar-refractivity contribution is 7.89. The maximum Gasteiger partial charge on any atom is 0.240 e. The Balaban J connectivity index is 1.64. The van der Waals surface area contributed by atoms with Crippen LogP contribution < -0.4 is 15.8 Å². The number of carbonyl (C=O) groups excluding carboxylic acids is 2. The summed E-state index contributed by atoms with van der Waals surface area (Å²) in [7, 11) is -3.67. The highest BCUT2D eigenvalue weighted by Gasteiger charge is 2.38. The summed E-state index contributed by atoms with van der Waals surface area (Å²) < 4.78 is 26.8. The highest BCUT2D eigenvalue weighted by Crippen LogP contribution is 2.30. The van der Waals surface area contributed by atoms with E-state index >= 15 is 0 Å². The summed E-state index contributed by atoms with van der Waals surface area (Å²) in [6, 6.07) is 6.32. The SMILES string of the molecule is NCCNS(=O)(=O)c1cccc(NC(=O)C2CC(=O)N(C3CCCC3)C2)c1. The van der Waals surface area contributed by atoms with Crippen LogP contribution in [0.4, 0.5) is 5.69 Å². The molecule has 0 aromatic heterocycles. The summed E-state index contributed by atoms with van der Waals surface area (Å²) in [6.07, 6.45) is 4.49. The molecular weight excluding hydrogens is 368 g/mol. The van der Waals surface area contributed by atoms with Crippen LogP contribution in [0.2, 0.25) is 0 Å². The van der Waals surface area contributed by atoms with Gasteiger partial charge in [0.2, 0.25) is 21.8 Å². The molecule has 0 spiro atoms. The first-order chi connectivity index (χ1) is 12.9. The van der Waals surface area contributed by atoms with Crippen LogP contribution >= 0.6 is 0 Å². The molecule has 3 rings (SSSR count). The summed E-state index contributed by atoms with van der Waals surface area (Å²) in [5, 5.41) is 2.75. The second-order valence-corrected chi connectivity index (χ2v) is 8.86. The van der Waals surface area contributed by atoms with Gasteiger partial charge < -0.3 is 16.0 Å². The summed E-state index contributed by atoms with van der Waals surface area (Å²) in [5.74, 6) is -0.633. The number of benzene rings is 1. The summed E-state index contributed by atoms with van der Waals surface area (Å²) >= 11 is 0. The van der Waals surface area contributed by atoms with Crippen LogP contribution in [0, 0.1) is 5.92 Å². The smallest absolute Gasteiger partial charge is 0.240 e. The number of nitrogens with zero attached hydrogens (tertiary/aromatic N) is 1. The molecule has 1 aromatic rings. The molecule has 2 fully saturated rings. The van der Waals surface area contributed by atoms with Crippen LogP contribution in [0.1, 0.15) is 32.1 Å². The number of anilines is 1. The molecule has 2 amide bonds. The largest absolute Gasteiger partial charge is 0.339 e. The number of nitrogens with one attached hydrogen (secondary N) is 2. The molecule has 1 heterocycles.